The molecule has 1 saturated heterocycles. The molecule has 24 heavy (non-hydrogen) atoms. The summed E-state index contributed by atoms with van der Waals surface area (Å²) in [5.41, 5.74) is 1.03. The van der Waals surface area contributed by atoms with Gasteiger partial charge in [-0.25, -0.2) is 4.98 Å². The van der Waals surface area contributed by atoms with Gasteiger partial charge in [0.15, 0.2) is 0 Å². The first-order valence-electron chi connectivity index (χ1n) is 8.41. The maximum Gasteiger partial charge on any atom is 0.227 e. The maximum absolute atomic E-state index is 12.5. The molecule has 2 aromatic heterocycles. The summed E-state index contributed by atoms with van der Waals surface area (Å²) in [4.78, 5) is 26.7. The zero-order valence-electron chi connectivity index (χ0n) is 14.3. The maximum atomic E-state index is 12.5. The van der Waals surface area contributed by atoms with Gasteiger partial charge in [-0.15, -0.1) is 11.3 Å². The molecule has 0 aromatic carbocycles. The van der Waals surface area contributed by atoms with Crippen molar-refractivity contribution < 1.29 is 4.79 Å². The molecule has 0 aliphatic carbocycles. The van der Waals surface area contributed by atoms with Gasteiger partial charge in [0, 0.05) is 44.5 Å². The van der Waals surface area contributed by atoms with Gasteiger partial charge in [-0.05, 0) is 36.6 Å². The summed E-state index contributed by atoms with van der Waals surface area (Å²) in [5, 5.41) is 2.03. The first-order chi connectivity index (χ1) is 11.6. The number of carbonyl (C=O) groups excluding carboxylic acids is 1. The summed E-state index contributed by atoms with van der Waals surface area (Å²) in [6, 6.07) is 4.04. The second-order valence-corrected chi connectivity index (χ2v) is 7.56. The minimum Gasteiger partial charge on any atom is -0.361 e. The Morgan fingerprint density at radius 2 is 2.21 bits per heavy atom. The smallest absolute Gasteiger partial charge is 0.227 e. The van der Waals surface area contributed by atoms with E-state index >= 15 is 0 Å². The van der Waals surface area contributed by atoms with Crippen molar-refractivity contribution >= 4 is 23.1 Å². The van der Waals surface area contributed by atoms with Crippen LogP contribution in [-0.4, -0.2) is 48.0 Å². The largest absolute Gasteiger partial charge is 0.361 e. The summed E-state index contributed by atoms with van der Waals surface area (Å²) in [5.74, 6) is 1.63. The molecule has 3 heterocycles. The molecule has 0 saturated carbocycles. The number of hydrogen-bond donors (Lipinski definition) is 0. The highest BCUT2D eigenvalue weighted by Gasteiger charge is 2.25. The van der Waals surface area contributed by atoms with E-state index in [1.54, 1.807) is 23.7 Å². The van der Waals surface area contributed by atoms with Crippen molar-refractivity contribution in [2.75, 3.05) is 32.1 Å². The minimum atomic E-state index is 0.245. The van der Waals surface area contributed by atoms with E-state index in [0.29, 0.717) is 12.3 Å². The zero-order chi connectivity index (χ0) is 16.9. The quantitative estimate of drug-likeness (QED) is 0.837. The fraction of sp³-hybridized carbons (Fsp3) is 0.500. The number of nitrogens with zero attached hydrogens (tertiary/aromatic N) is 4. The van der Waals surface area contributed by atoms with Gasteiger partial charge < -0.3 is 9.80 Å². The summed E-state index contributed by atoms with van der Waals surface area (Å²) < 4.78 is 0. The molecule has 0 radical (unpaired) electrons. The van der Waals surface area contributed by atoms with Gasteiger partial charge in [0.25, 0.3) is 0 Å². The molecule has 2 aromatic rings. The van der Waals surface area contributed by atoms with Crippen LogP contribution in [0.1, 0.15) is 23.4 Å². The average Bonchev–Trinajstić information content (AvgIpc) is 3.08. The number of anilines is 1. The molecule has 0 unspecified atom stereocenters. The van der Waals surface area contributed by atoms with Crippen molar-refractivity contribution in [2.45, 2.75) is 25.7 Å². The van der Waals surface area contributed by atoms with E-state index in [9.17, 15) is 4.79 Å². The Kier molecular flexibility index (Phi) is 5.45. The highest BCUT2D eigenvalue weighted by atomic mass is 32.1. The molecule has 5 nitrogen and oxygen atoms in total. The lowest BCUT2D eigenvalue weighted by Gasteiger charge is -2.33. The second-order valence-electron chi connectivity index (χ2n) is 6.53. The molecule has 1 amide bonds. The Balaban J connectivity index is 1.62. The molecule has 128 valence electrons. The van der Waals surface area contributed by atoms with E-state index in [0.717, 1.165) is 48.7 Å². The van der Waals surface area contributed by atoms with E-state index in [2.05, 4.69) is 9.97 Å². The van der Waals surface area contributed by atoms with E-state index in [-0.39, 0.29) is 5.91 Å². The number of rotatable bonds is 5. The van der Waals surface area contributed by atoms with Gasteiger partial charge in [-0.1, -0.05) is 6.07 Å². The van der Waals surface area contributed by atoms with Crippen LogP contribution in [0.25, 0.3) is 0 Å². The standard InChI is InChI=1S/C18H24N4OS/c1-21(2)18-16(19-7-8-20-18)11-14-5-3-9-22(13-14)17(23)12-15-6-4-10-24-15/h4,6-8,10,14H,3,5,9,11-13H2,1-2H3/t14-/m1/s1. The van der Waals surface area contributed by atoms with Crippen molar-refractivity contribution in [2.24, 2.45) is 5.92 Å². The van der Waals surface area contributed by atoms with Crippen LogP contribution in [0, 0.1) is 5.92 Å². The molecule has 1 fully saturated rings. The first-order valence-corrected chi connectivity index (χ1v) is 9.29. The van der Waals surface area contributed by atoms with E-state index in [1.807, 2.05) is 41.4 Å². The highest BCUT2D eigenvalue weighted by Crippen LogP contribution is 2.24. The van der Waals surface area contributed by atoms with Gasteiger partial charge in [0.2, 0.25) is 5.91 Å². The van der Waals surface area contributed by atoms with E-state index < -0.39 is 0 Å². The lowest BCUT2D eigenvalue weighted by molar-refractivity contribution is -0.132. The molecule has 0 bridgehead atoms. The Bertz CT molecular complexity index is 671. The predicted octanol–water partition coefficient (Wildman–Crippen LogP) is 2.63. The molecule has 3 rings (SSSR count). The summed E-state index contributed by atoms with van der Waals surface area (Å²) in [7, 11) is 3.98. The Hall–Kier alpha value is -1.95. The summed E-state index contributed by atoms with van der Waals surface area (Å²) in [6.07, 6.45) is 7.11. The van der Waals surface area contributed by atoms with Gasteiger partial charge in [0.1, 0.15) is 5.82 Å². The number of carbonyl (C=O) groups is 1. The monoisotopic (exact) mass is 344 g/mol. The number of aromatic nitrogens is 2. The second kappa shape index (κ2) is 7.75. The minimum absolute atomic E-state index is 0.245. The van der Waals surface area contributed by atoms with Crippen LogP contribution in [-0.2, 0) is 17.6 Å². The van der Waals surface area contributed by atoms with Crippen LogP contribution in [0.4, 0.5) is 5.82 Å². The Morgan fingerprint density at radius 3 is 2.96 bits per heavy atom. The van der Waals surface area contributed by atoms with Gasteiger partial charge >= 0.3 is 0 Å². The van der Waals surface area contributed by atoms with Gasteiger partial charge in [-0.2, -0.15) is 0 Å². The van der Waals surface area contributed by atoms with Crippen LogP contribution in [0.15, 0.2) is 29.9 Å². The zero-order valence-corrected chi connectivity index (χ0v) is 15.1. The van der Waals surface area contributed by atoms with Crippen molar-refractivity contribution in [3.05, 3.63) is 40.5 Å². The third-order valence-corrected chi connectivity index (χ3v) is 5.31. The first kappa shape index (κ1) is 16.9. The fourth-order valence-corrected chi connectivity index (χ4v) is 3.98. The predicted molar refractivity (Wildman–Crippen MR) is 97.4 cm³/mol. The lowest BCUT2D eigenvalue weighted by Crippen LogP contribution is -2.41. The lowest BCUT2D eigenvalue weighted by atomic mass is 9.93. The van der Waals surface area contributed by atoms with Crippen LogP contribution in [0.2, 0.25) is 0 Å². The molecule has 1 atom stereocenters. The van der Waals surface area contributed by atoms with Crippen LogP contribution in [0.5, 0.6) is 0 Å². The van der Waals surface area contributed by atoms with Crippen LogP contribution < -0.4 is 4.90 Å². The van der Waals surface area contributed by atoms with Crippen molar-refractivity contribution in [3.8, 4) is 0 Å². The SMILES string of the molecule is CN(C)c1nccnc1C[C@H]1CCCN(C(=O)Cc2cccs2)C1. The summed E-state index contributed by atoms with van der Waals surface area (Å²) in [6.45, 7) is 1.70. The molecular weight excluding hydrogens is 320 g/mol. The number of hydrogen-bond acceptors (Lipinski definition) is 5. The van der Waals surface area contributed by atoms with Crippen molar-refractivity contribution in [1.82, 2.24) is 14.9 Å². The fourth-order valence-electron chi connectivity index (χ4n) is 3.28. The highest BCUT2D eigenvalue weighted by molar-refractivity contribution is 7.10. The third-order valence-electron chi connectivity index (χ3n) is 4.43. The molecule has 1 aliphatic rings. The van der Waals surface area contributed by atoms with Crippen molar-refractivity contribution in [3.63, 3.8) is 0 Å². The third kappa shape index (κ3) is 4.12. The van der Waals surface area contributed by atoms with Gasteiger partial charge in [-0.3, -0.25) is 9.78 Å². The molecule has 0 spiro atoms. The molecule has 6 heteroatoms. The van der Waals surface area contributed by atoms with Crippen molar-refractivity contribution in [1.29, 1.82) is 0 Å². The van der Waals surface area contributed by atoms with Crippen LogP contribution >= 0.6 is 11.3 Å². The van der Waals surface area contributed by atoms with E-state index in [1.165, 1.54) is 0 Å². The average molecular weight is 344 g/mol. The summed E-state index contributed by atoms with van der Waals surface area (Å²) >= 11 is 1.65. The molecule has 1 aliphatic heterocycles. The Morgan fingerprint density at radius 1 is 1.38 bits per heavy atom. The molecular formula is C18H24N4OS. The number of thiophene rings is 1. The number of piperidine rings is 1. The Labute approximate surface area is 147 Å². The van der Waals surface area contributed by atoms with Crippen LogP contribution in [0.3, 0.4) is 0 Å². The van der Waals surface area contributed by atoms with Gasteiger partial charge in [0.05, 0.1) is 12.1 Å². The number of likely N-dealkylation sites (tertiary alicyclic amines) is 1. The number of amides is 1. The molecule has 0 N–H and O–H groups in total. The topological polar surface area (TPSA) is 49.3 Å². The normalized spacial score (nSPS) is 17.8. The van der Waals surface area contributed by atoms with E-state index in [4.69, 9.17) is 0 Å².